The highest BCUT2D eigenvalue weighted by molar-refractivity contribution is 7.19. The van der Waals surface area contributed by atoms with Crippen LogP contribution in [0.15, 0.2) is 10.9 Å². The summed E-state index contributed by atoms with van der Waals surface area (Å²) in [5.41, 5.74) is 1.49. The van der Waals surface area contributed by atoms with Crippen molar-refractivity contribution in [3.63, 3.8) is 0 Å². The summed E-state index contributed by atoms with van der Waals surface area (Å²) in [4.78, 5) is 18.7. The minimum Gasteiger partial charge on any atom is -0.355 e. The third-order valence-electron chi connectivity index (χ3n) is 5.09. The second-order valence-electron chi connectivity index (χ2n) is 6.70. The highest BCUT2D eigenvalue weighted by atomic mass is 32.1. The third-order valence-corrected chi connectivity index (χ3v) is 6.29. The van der Waals surface area contributed by atoms with Crippen LogP contribution in [-0.2, 0) is 12.8 Å². The van der Waals surface area contributed by atoms with Crippen molar-refractivity contribution >= 4 is 27.4 Å². The molecule has 3 aromatic heterocycles. The molecule has 7 heteroatoms. The first kappa shape index (κ1) is 14.3. The summed E-state index contributed by atoms with van der Waals surface area (Å²) in [7, 11) is 0. The van der Waals surface area contributed by atoms with Crippen LogP contribution in [-0.4, -0.2) is 33.2 Å². The minimum absolute atomic E-state index is 0.289. The Morgan fingerprint density at radius 2 is 2.21 bits per heavy atom. The van der Waals surface area contributed by atoms with Crippen LogP contribution < -0.4 is 4.90 Å². The van der Waals surface area contributed by atoms with E-state index in [2.05, 4.69) is 25.0 Å². The van der Waals surface area contributed by atoms with Crippen LogP contribution in [0, 0.1) is 6.92 Å². The maximum Gasteiger partial charge on any atom is 0.231 e. The molecule has 0 aromatic carbocycles. The van der Waals surface area contributed by atoms with E-state index in [9.17, 15) is 0 Å². The average molecular weight is 341 g/mol. The molecule has 0 radical (unpaired) electrons. The molecule has 0 bridgehead atoms. The number of piperidine rings is 1. The molecule has 2 aliphatic rings. The number of aryl methyl sites for hydroxylation is 3. The lowest BCUT2D eigenvalue weighted by Crippen LogP contribution is -2.35. The van der Waals surface area contributed by atoms with E-state index in [-0.39, 0.29) is 5.92 Å². The lowest BCUT2D eigenvalue weighted by atomic mass is 9.97. The molecule has 3 aromatic rings. The summed E-state index contributed by atoms with van der Waals surface area (Å²) in [6, 6.07) is 0. The van der Waals surface area contributed by atoms with Crippen LogP contribution in [0.1, 0.15) is 47.3 Å². The van der Waals surface area contributed by atoms with Crippen molar-refractivity contribution in [3.05, 3.63) is 28.5 Å². The first-order valence-electron chi connectivity index (χ1n) is 8.60. The lowest BCUT2D eigenvalue weighted by molar-refractivity contribution is 0.331. The average Bonchev–Trinajstić information content (AvgIpc) is 3.30. The predicted molar refractivity (Wildman–Crippen MR) is 92.7 cm³/mol. The smallest absolute Gasteiger partial charge is 0.231 e. The van der Waals surface area contributed by atoms with Gasteiger partial charge in [-0.15, -0.1) is 11.3 Å². The fourth-order valence-corrected chi connectivity index (χ4v) is 5.23. The van der Waals surface area contributed by atoms with Crippen molar-refractivity contribution < 1.29 is 4.52 Å². The number of anilines is 1. The first-order valence-corrected chi connectivity index (χ1v) is 9.41. The van der Waals surface area contributed by atoms with E-state index in [4.69, 9.17) is 4.52 Å². The van der Waals surface area contributed by atoms with E-state index in [1.54, 1.807) is 6.33 Å². The maximum atomic E-state index is 5.42. The molecule has 5 rings (SSSR count). The number of hydrogen-bond donors (Lipinski definition) is 0. The molecule has 0 N–H and O–H groups in total. The molecule has 124 valence electrons. The number of thiophene rings is 1. The molecule has 1 atom stereocenters. The number of rotatable bonds is 2. The maximum absolute atomic E-state index is 5.42. The van der Waals surface area contributed by atoms with Crippen molar-refractivity contribution in [2.45, 2.75) is 44.9 Å². The fraction of sp³-hybridized carbons (Fsp3) is 0.529. The van der Waals surface area contributed by atoms with E-state index < -0.39 is 0 Å². The largest absolute Gasteiger partial charge is 0.355 e. The zero-order chi connectivity index (χ0) is 16.1. The standard InChI is InChI=1S/C17H19N5OS/c1-10-20-16(23-21-10)11-4-3-7-22(8-11)15-14-12-5-2-6-13(12)24-17(14)19-9-18-15/h9,11H,2-8H2,1H3. The zero-order valence-electron chi connectivity index (χ0n) is 13.7. The van der Waals surface area contributed by atoms with Crippen molar-refractivity contribution in [2.75, 3.05) is 18.0 Å². The Morgan fingerprint density at radius 1 is 1.25 bits per heavy atom. The normalized spacial score (nSPS) is 20.7. The van der Waals surface area contributed by atoms with Gasteiger partial charge in [-0.05, 0) is 44.6 Å². The van der Waals surface area contributed by atoms with Gasteiger partial charge in [0.2, 0.25) is 5.89 Å². The van der Waals surface area contributed by atoms with Crippen LogP contribution in [0.2, 0.25) is 0 Å². The summed E-state index contributed by atoms with van der Waals surface area (Å²) in [5.74, 6) is 2.86. The molecular weight excluding hydrogens is 322 g/mol. The highest BCUT2D eigenvalue weighted by Gasteiger charge is 2.29. The Morgan fingerprint density at radius 3 is 3.08 bits per heavy atom. The summed E-state index contributed by atoms with van der Waals surface area (Å²) in [6.07, 6.45) is 7.53. The van der Waals surface area contributed by atoms with Crippen molar-refractivity contribution in [1.29, 1.82) is 0 Å². The Kier molecular flexibility index (Phi) is 3.29. The second kappa shape index (κ2) is 5.51. The van der Waals surface area contributed by atoms with Gasteiger partial charge >= 0.3 is 0 Å². The van der Waals surface area contributed by atoms with Crippen LogP contribution >= 0.6 is 11.3 Å². The third kappa shape index (κ3) is 2.22. The van der Waals surface area contributed by atoms with Crippen LogP contribution in [0.5, 0.6) is 0 Å². The molecule has 0 spiro atoms. The van der Waals surface area contributed by atoms with Gasteiger partial charge in [0.05, 0.1) is 11.3 Å². The topological polar surface area (TPSA) is 67.9 Å². The van der Waals surface area contributed by atoms with E-state index in [0.29, 0.717) is 5.82 Å². The second-order valence-corrected chi connectivity index (χ2v) is 7.78. The SMILES string of the molecule is Cc1noc(C2CCCN(c3ncnc4sc5c(c34)CCC5)C2)n1. The van der Waals surface area contributed by atoms with E-state index in [1.165, 1.54) is 28.7 Å². The quantitative estimate of drug-likeness (QED) is 0.713. The molecular formula is C17H19N5OS. The van der Waals surface area contributed by atoms with Gasteiger partial charge in [0.1, 0.15) is 17.0 Å². The van der Waals surface area contributed by atoms with Crippen LogP contribution in [0.3, 0.4) is 0 Å². The summed E-state index contributed by atoms with van der Waals surface area (Å²) in [5, 5.41) is 5.24. The number of hydrogen-bond acceptors (Lipinski definition) is 7. The molecule has 24 heavy (non-hydrogen) atoms. The van der Waals surface area contributed by atoms with E-state index in [1.807, 2.05) is 18.3 Å². The molecule has 1 aliphatic carbocycles. The van der Waals surface area contributed by atoms with Gasteiger partial charge in [-0.25, -0.2) is 9.97 Å². The van der Waals surface area contributed by atoms with Crippen LogP contribution in [0.4, 0.5) is 5.82 Å². The summed E-state index contributed by atoms with van der Waals surface area (Å²) in [6.45, 7) is 3.79. The summed E-state index contributed by atoms with van der Waals surface area (Å²) >= 11 is 1.85. The molecule has 1 aliphatic heterocycles. The highest BCUT2D eigenvalue weighted by Crippen LogP contribution is 2.41. The zero-order valence-corrected chi connectivity index (χ0v) is 14.5. The number of fused-ring (bicyclic) bond motifs is 3. The van der Waals surface area contributed by atoms with Gasteiger partial charge in [-0.2, -0.15) is 4.98 Å². The molecule has 1 saturated heterocycles. The van der Waals surface area contributed by atoms with Gasteiger partial charge in [-0.3, -0.25) is 0 Å². The number of aromatic nitrogens is 4. The Bertz CT molecular complexity index is 902. The van der Waals surface area contributed by atoms with E-state index in [0.717, 1.165) is 48.9 Å². The minimum atomic E-state index is 0.289. The molecule has 1 unspecified atom stereocenters. The van der Waals surface area contributed by atoms with Crippen LogP contribution in [0.25, 0.3) is 10.2 Å². The van der Waals surface area contributed by atoms with Gasteiger partial charge < -0.3 is 9.42 Å². The van der Waals surface area contributed by atoms with Gasteiger partial charge in [0.15, 0.2) is 5.82 Å². The van der Waals surface area contributed by atoms with Crippen molar-refractivity contribution in [2.24, 2.45) is 0 Å². The Hall–Kier alpha value is -2.02. The van der Waals surface area contributed by atoms with Gasteiger partial charge in [0, 0.05) is 18.0 Å². The van der Waals surface area contributed by atoms with Gasteiger partial charge in [0.25, 0.3) is 0 Å². The monoisotopic (exact) mass is 341 g/mol. The lowest BCUT2D eigenvalue weighted by Gasteiger charge is -2.32. The first-order chi connectivity index (χ1) is 11.8. The van der Waals surface area contributed by atoms with Crippen molar-refractivity contribution in [3.8, 4) is 0 Å². The Balaban J connectivity index is 1.53. The van der Waals surface area contributed by atoms with Crippen molar-refractivity contribution in [1.82, 2.24) is 20.1 Å². The van der Waals surface area contributed by atoms with Gasteiger partial charge in [-0.1, -0.05) is 5.16 Å². The molecule has 1 fully saturated rings. The Labute approximate surface area is 143 Å². The molecule has 4 heterocycles. The summed E-state index contributed by atoms with van der Waals surface area (Å²) < 4.78 is 5.42. The fourth-order valence-electron chi connectivity index (χ4n) is 4.00. The molecule has 6 nitrogen and oxygen atoms in total. The molecule has 0 amide bonds. The molecule has 0 saturated carbocycles. The number of nitrogens with zero attached hydrogens (tertiary/aromatic N) is 5. The predicted octanol–water partition coefficient (Wildman–Crippen LogP) is 3.26. The van der Waals surface area contributed by atoms with E-state index >= 15 is 0 Å².